The second kappa shape index (κ2) is 7.52. The number of piperidine rings is 1. The van der Waals surface area contributed by atoms with Gasteiger partial charge in [-0.25, -0.2) is 4.79 Å². The lowest BCUT2D eigenvalue weighted by Gasteiger charge is -2.43. The van der Waals surface area contributed by atoms with Gasteiger partial charge in [0.15, 0.2) is 0 Å². The lowest BCUT2D eigenvalue weighted by Crippen LogP contribution is -2.62. The molecule has 2 aliphatic rings. The Morgan fingerprint density at radius 1 is 1.32 bits per heavy atom. The van der Waals surface area contributed by atoms with Crippen LogP contribution in [0.3, 0.4) is 0 Å². The molecule has 1 aliphatic heterocycles. The Balaban J connectivity index is 1.99. The van der Waals surface area contributed by atoms with E-state index in [0.717, 1.165) is 12.8 Å². The largest absolute Gasteiger partial charge is 0.444 e. The molecule has 25 heavy (non-hydrogen) atoms. The van der Waals surface area contributed by atoms with Gasteiger partial charge in [0.1, 0.15) is 11.1 Å². The topological polar surface area (TPSA) is 61.9 Å². The van der Waals surface area contributed by atoms with Crippen molar-refractivity contribution in [3.63, 3.8) is 0 Å². The van der Waals surface area contributed by atoms with Crippen LogP contribution in [0, 0.1) is 0 Å². The highest BCUT2D eigenvalue weighted by molar-refractivity contribution is 5.89. The molecule has 1 saturated carbocycles. The zero-order chi connectivity index (χ0) is 18.8. The maximum absolute atomic E-state index is 12.9. The first-order chi connectivity index (χ1) is 11.5. The van der Waals surface area contributed by atoms with Crippen molar-refractivity contribution < 1.29 is 14.3 Å². The second-order valence-corrected chi connectivity index (χ2v) is 8.82. The Labute approximate surface area is 152 Å². The number of likely N-dealkylation sites (N-methyl/N-ethyl adjacent to an activating group) is 1. The zero-order valence-electron chi connectivity index (χ0n) is 16.7. The first kappa shape index (κ1) is 20.0. The predicted octanol–water partition coefficient (Wildman–Crippen LogP) is 2.76. The molecule has 6 nitrogen and oxygen atoms in total. The number of nitrogens with zero attached hydrogens (tertiary/aromatic N) is 2. The summed E-state index contributed by atoms with van der Waals surface area (Å²) < 4.78 is 5.53. The molecular weight excluding hydrogens is 318 g/mol. The molecule has 1 N–H and O–H groups in total. The van der Waals surface area contributed by atoms with E-state index in [1.54, 1.807) is 4.90 Å². The van der Waals surface area contributed by atoms with E-state index in [1.165, 1.54) is 12.8 Å². The lowest BCUT2D eigenvalue weighted by atomic mass is 9.87. The highest BCUT2D eigenvalue weighted by Crippen LogP contribution is 2.30. The van der Waals surface area contributed by atoms with E-state index >= 15 is 0 Å². The van der Waals surface area contributed by atoms with E-state index in [-0.39, 0.29) is 5.91 Å². The molecule has 144 valence electrons. The number of hydrogen-bond acceptors (Lipinski definition) is 4. The van der Waals surface area contributed by atoms with Gasteiger partial charge < -0.3 is 10.1 Å². The van der Waals surface area contributed by atoms with Gasteiger partial charge in [-0.05, 0) is 73.8 Å². The SMILES string of the molecule is C[C@H](CNC(=O)[C@]1(C)CCCCN1C(=O)OC(C)(C)C)N(C)C1CC1. The summed E-state index contributed by atoms with van der Waals surface area (Å²) in [6.45, 7) is 10.7. The van der Waals surface area contributed by atoms with Crippen LogP contribution in [0.4, 0.5) is 4.79 Å². The van der Waals surface area contributed by atoms with E-state index in [0.29, 0.717) is 31.6 Å². The zero-order valence-corrected chi connectivity index (χ0v) is 16.7. The van der Waals surface area contributed by atoms with Crippen molar-refractivity contribution in [1.82, 2.24) is 15.1 Å². The van der Waals surface area contributed by atoms with Gasteiger partial charge in [0.25, 0.3) is 0 Å². The molecule has 0 aromatic heterocycles. The third-order valence-electron chi connectivity index (χ3n) is 5.37. The van der Waals surface area contributed by atoms with E-state index in [1.807, 2.05) is 27.7 Å². The number of ether oxygens (including phenoxy) is 1. The smallest absolute Gasteiger partial charge is 0.411 e. The summed E-state index contributed by atoms with van der Waals surface area (Å²) in [5.41, 5.74) is -1.40. The number of carbonyl (C=O) groups excluding carboxylic acids is 2. The number of hydrogen-bond donors (Lipinski definition) is 1. The molecule has 1 heterocycles. The van der Waals surface area contributed by atoms with E-state index in [9.17, 15) is 9.59 Å². The minimum absolute atomic E-state index is 0.0749. The van der Waals surface area contributed by atoms with Gasteiger partial charge in [-0.3, -0.25) is 14.6 Å². The van der Waals surface area contributed by atoms with Crippen LogP contribution in [0.1, 0.15) is 66.7 Å². The molecular formula is C19H35N3O3. The molecule has 1 aliphatic carbocycles. The van der Waals surface area contributed by atoms with Crippen LogP contribution in [-0.2, 0) is 9.53 Å². The summed E-state index contributed by atoms with van der Waals surface area (Å²) in [5, 5.41) is 3.07. The number of nitrogens with one attached hydrogen (secondary N) is 1. The summed E-state index contributed by atoms with van der Waals surface area (Å²) in [7, 11) is 2.11. The first-order valence-electron chi connectivity index (χ1n) is 9.55. The minimum atomic E-state index is -0.835. The molecule has 0 radical (unpaired) electrons. The van der Waals surface area contributed by atoms with Gasteiger partial charge in [-0.1, -0.05) is 0 Å². The maximum atomic E-state index is 12.9. The predicted molar refractivity (Wildman–Crippen MR) is 98.5 cm³/mol. The summed E-state index contributed by atoms with van der Waals surface area (Å²) in [4.78, 5) is 29.5. The normalized spacial score (nSPS) is 25.6. The summed E-state index contributed by atoms with van der Waals surface area (Å²) in [6, 6.07) is 0.953. The number of amides is 2. The van der Waals surface area contributed by atoms with E-state index < -0.39 is 17.2 Å². The van der Waals surface area contributed by atoms with Gasteiger partial charge in [0.05, 0.1) is 0 Å². The summed E-state index contributed by atoms with van der Waals surface area (Å²) in [6.07, 6.45) is 4.62. The molecule has 6 heteroatoms. The van der Waals surface area contributed by atoms with Crippen molar-refractivity contribution in [2.45, 2.75) is 89.9 Å². The van der Waals surface area contributed by atoms with Crippen molar-refractivity contribution >= 4 is 12.0 Å². The van der Waals surface area contributed by atoms with Crippen LogP contribution in [0.2, 0.25) is 0 Å². The fourth-order valence-corrected chi connectivity index (χ4v) is 3.38. The maximum Gasteiger partial charge on any atom is 0.411 e. The first-order valence-corrected chi connectivity index (χ1v) is 9.55. The molecule has 0 aromatic rings. The van der Waals surface area contributed by atoms with Gasteiger partial charge in [0.2, 0.25) is 5.91 Å². The Morgan fingerprint density at radius 3 is 2.52 bits per heavy atom. The molecule has 0 unspecified atom stereocenters. The Kier molecular flexibility index (Phi) is 6.02. The highest BCUT2D eigenvalue weighted by atomic mass is 16.6. The highest BCUT2D eigenvalue weighted by Gasteiger charge is 2.45. The van der Waals surface area contributed by atoms with Crippen molar-refractivity contribution in [2.75, 3.05) is 20.1 Å². The number of rotatable bonds is 5. The van der Waals surface area contributed by atoms with Gasteiger partial charge in [-0.2, -0.15) is 0 Å². The molecule has 2 fully saturated rings. The third-order valence-corrected chi connectivity index (χ3v) is 5.37. The Bertz CT molecular complexity index is 499. The van der Waals surface area contributed by atoms with Crippen LogP contribution in [0.25, 0.3) is 0 Å². The van der Waals surface area contributed by atoms with Crippen LogP contribution < -0.4 is 5.32 Å². The van der Waals surface area contributed by atoms with Crippen molar-refractivity contribution in [3.05, 3.63) is 0 Å². The standard InChI is InChI=1S/C19H35N3O3/c1-14(21(6)15-9-10-15)13-20-16(23)19(5)11-7-8-12-22(19)17(24)25-18(2,3)4/h14-15H,7-13H2,1-6H3,(H,20,23)/t14-,19+/m1/s1. The Morgan fingerprint density at radius 2 is 1.96 bits per heavy atom. The third kappa shape index (κ3) is 5.09. The van der Waals surface area contributed by atoms with Crippen molar-refractivity contribution in [1.29, 1.82) is 0 Å². The Hall–Kier alpha value is -1.30. The molecule has 0 aromatic carbocycles. The van der Waals surface area contributed by atoms with Crippen molar-refractivity contribution in [3.8, 4) is 0 Å². The average molecular weight is 354 g/mol. The molecule has 0 bridgehead atoms. The van der Waals surface area contributed by atoms with E-state index in [4.69, 9.17) is 4.74 Å². The molecule has 2 rings (SSSR count). The van der Waals surface area contributed by atoms with Gasteiger partial charge in [-0.15, -0.1) is 0 Å². The van der Waals surface area contributed by atoms with Crippen molar-refractivity contribution in [2.24, 2.45) is 0 Å². The fourth-order valence-electron chi connectivity index (χ4n) is 3.38. The van der Waals surface area contributed by atoms with Crippen LogP contribution >= 0.6 is 0 Å². The van der Waals surface area contributed by atoms with E-state index in [2.05, 4.69) is 24.2 Å². The molecule has 2 atom stereocenters. The van der Waals surface area contributed by atoms with Gasteiger partial charge >= 0.3 is 6.09 Å². The fraction of sp³-hybridized carbons (Fsp3) is 0.895. The minimum Gasteiger partial charge on any atom is -0.444 e. The molecule has 1 saturated heterocycles. The monoisotopic (exact) mass is 353 g/mol. The average Bonchev–Trinajstić information content (AvgIpc) is 3.34. The number of carbonyl (C=O) groups is 2. The summed E-state index contributed by atoms with van der Waals surface area (Å²) in [5.74, 6) is -0.0749. The summed E-state index contributed by atoms with van der Waals surface area (Å²) >= 11 is 0. The quantitative estimate of drug-likeness (QED) is 0.825. The van der Waals surface area contributed by atoms with Gasteiger partial charge in [0, 0.05) is 25.2 Å². The lowest BCUT2D eigenvalue weighted by molar-refractivity contribution is -0.134. The van der Waals surface area contributed by atoms with Crippen LogP contribution in [0.5, 0.6) is 0 Å². The van der Waals surface area contributed by atoms with Crippen LogP contribution in [0.15, 0.2) is 0 Å². The number of likely N-dealkylation sites (tertiary alicyclic amines) is 1. The second-order valence-electron chi connectivity index (χ2n) is 8.82. The molecule has 0 spiro atoms. The molecule has 2 amide bonds. The van der Waals surface area contributed by atoms with Crippen LogP contribution in [-0.4, -0.2) is 65.2 Å².